The van der Waals surface area contributed by atoms with E-state index in [1.54, 1.807) is 0 Å². The normalized spacial score (nSPS) is 12.6. The molecule has 0 amide bonds. The van der Waals surface area contributed by atoms with Crippen molar-refractivity contribution in [1.29, 1.82) is 5.26 Å². The van der Waals surface area contributed by atoms with Crippen LogP contribution in [-0.4, -0.2) is 11.5 Å². The van der Waals surface area contributed by atoms with Crippen LogP contribution in [0, 0.1) is 11.3 Å². The molecule has 0 N–H and O–H groups in total. The number of nitrogens with zero attached hydrogens (tertiary/aromatic N) is 1. The van der Waals surface area contributed by atoms with E-state index in [0.717, 1.165) is 23.5 Å². The maximum absolute atomic E-state index is 9.68. The van der Waals surface area contributed by atoms with Gasteiger partial charge in [-0.15, -0.1) is 11.6 Å². The fraction of sp³-hybridized carbons (Fsp3) is 0.235. The average molecular weight is 334 g/mol. The van der Waals surface area contributed by atoms with Gasteiger partial charge in [-0.1, -0.05) is 72.5 Å². The number of nitriles is 1. The van der Waals surface area contributed by atoms with Crippen LogP contribution >= 0.6 is 17.6 Å². The molecule has 0 aliphatic heterocycles. The first-order valence-electron chi connectivity index (χ1n) is 6.90. The van der Waals surface area contributed by atoms with E-state index >= 15 is 0 Å². The van der Waals surface area contributed by atoms with Crippen LogP contribution in [0.25, 0.3) is 0 Å². The van der Waals surface area contributed by atoms with Gasteiger partial charge in [-0.2, -0.15) is 5.26 Å². The zero-order chi connectivity index (χ0) is 15.1. The minimum atomic E-state index is -2.15. The number of benzene rings is 2. The quantitative estimate of drug-likeness (QED) is 0.588. The number of rotatable bonds is 6. The van der Waals surface area contributed by atoms with Crippen LogP contribution < -0.4 is 10.6 Å². The van der Waals surface area contributed by atoms with Crippen molar-refractivity contribution in [2.45, 2.75) is 18.5 Å². The summed E-state index contributed by atoms with van der Waals surface area (Å²) in [5.74, 6) is 0.567. The van der Waals surface area contributed by atoms with Gasteiger partial charge in [0.25, 0.3) is 0 Å². The summed E-state index contributed by atoms with van der Waals surface area (Å²) in [6.45, 7) is 0. The van der Waals surface area contributed by atoms with E-state index in [0.29, 0.717) is 5.88 Å². The Morgan fingerprint density at radius 1 is 1.00 bits per heavy atom. The van der Waals surface area contributed by atoms with Crippen LogP contribution in [0.5, 0.6) is 0 Å². The Morgan fingerprint density at radius 2 is 1.48 bits per heavy atom. The monoisotopic (exact) mass is 333 g/mol. The van der Waals surface area contributed by atoms with E-state index in [-0.39, 0.29) is 5.66 Å². The van der Waals surface area contributed by atoms with Crippen molar-refractivity contribution in [3.63, 3.8) is 0 Å². The van der Waals surface area contributed by atoms with Gasteiger partial charge in [0.15, 0.2) is 0 Å². The van der Waals surface area contributed by atoms with Crippen molar-refractivity contribution in [2.24, 2.45) is 0 Å². The summed E-state index contributed by atoms with van der Waals surface area (Å²) >= 11 is 11.9. The Morgan fingerprint density at radius 3 is 1.86 bits per heavy atom. The Kier molecular flexibility index (Phi) is 6.00. The van der Waals surface area contributed by atoms with Gasteiger partial charge in [-0.3, -0.25) is 0 Å². The van der Waals surface area contributed by atoms with Crippen LogP contribution in [0.2, 0.25) is 0 Å². The van der Waals surface area contributed by atoms with Gasteiger partial charge in [0, 0.05) is 11.9 Å². The predicted octanol–water partition coefficient (Wildman–Crippen LogP) is 4.03. The SMILES string of the molecule is N#CC(CCCCl)P(=S)(c1ccccc1)c1ccccc1. The lowest BCUT2D eigenvalue weighted by Gasteiger charge is -2.28. The zero-order valence-corrected chi connectivity index (χ0v) is 14.1. The standard InChI is InChI=1S/C17H17ClNPS/c18-13-7-12-17(14-19)20(21,15-8-3-1-4-9-15)16-10-5-2-6-11-16/h1-6,8-11,17H,7,12-13H2. The first-order valence-corrected chi connectivity index (χ1v) is 10.3. The summed E-state index contributed by atoms with van der Waals surface area (Å²) in [5.41, 5.74) is -0.170. The third kappa shape index (κ3) is 3.55. The van der Waals surface area contributed by atoms with Crippen molar-refractivity contribution in [1.82, 2.24) is 0 Å². The Labute approximate surface area is 136 Å². The smallest absolute Gasteiger partial charge is 0.0829 e. The second-order valence-electron chi connectivity index (χ2n) is 4.81. The van der Waals surface area contributed by atoms with Gasteiger partial charge in [0.2, 0.25) is 0 Å². The van der Waals surface area contributed by atoms with Gasteiger partial charge in [0.05, 0.1) is 11.7 Å². The highest BCUT2D eigenvalue weighted by atomic mass is 35.5. The van der Waals surface area contributed by atoms with E-state index < -0.39 is 6.04 Å². The Hall–Kier alpha value is -1.13. The molecule has 1 atom stereocenters. The van der Waals surface area contributed by atoms with Crippen LogP contribution in [0.3, 0.4) is 0 Å². The summed E-state index contributed by atoms with van der Waals surface area (Å²) < 4.78 is 0. The largest absolute Gasteiger partial charge is 0.198 e. The third-order valence-electron chi connectivity index (χ3n) is 3.48. The second kappa shape index (κ2) is 7.76. The van der Waals surface area contributed by atoms with Gasteiger partial charge in [0.1, 0.15) is 0 Å². The molecule has 1 nitrogen and oxygen atoms in total. The zero-order valence-electron chi connectivity index (χ0n) is 11.7. The van der Waals surface area contributed by atoms with Crippen LogP contribution in [0.15, 0.2) is 60.7 Å². The fourth-order valence-electron chi connectivity index (χ4n) is 2.41. The lowest BCUT2D eigenvalue weighted by molar-refractivity contribution is 0.835. The summed E-state index contributed by atoms with van der Waals surface area (Å²) in [4.78, 5) is 0. The second-order valence-corrected chi connectivity index (χ2v) is 9.88. The predicted molar refractivity (Wildman–Crippen MR) is 95.8 cm³/mol. The van der Waals surface area contributed by atoms with Crippen LogP contribution in [0.4, 0.5) is 0 Å². The highest BCUT2D eigenvalue weighted by molar-refractivity contribution is 8.22. The highest BCUT2D eigenvalue weighted by Crippen LogP contribution is 2.50. The Balaban J connectivity index is 2.55. The van der Waals surface area contributed by atoms with Crippen molar-refractivity contribution in [3.05, 3.63) is 60.7 Å². The van der Waals surface area contributed by atoms with Gasteiger partial charge >= 0.3 is 0 Å². The summed E-state index contributed by atoms with van der Waals surface area (Å²) in [6, 6.07) is 20.5. The van der Waals surface area contributed by atoms with Gasteiger partial charge < -0.3 is 0 Å². The summed E-state index contributed by atoms with van der Waals surface area (Å²) in [5, 5.41) is 11.9. The molecule has 0 saturated carbocycles. The van der Waals surface area contributed by atoms with Gasteiger partial charge in [-0.25, -0.2) is 0 Å². The van der Waals surface area contributed by atoms with Crippen molar-refractivity contribution < 1.29 is 0 Å². The van der Waals surface area contributed by atoms with Crippen LogP contribution in [0.1, 0.15) is 12.8 Å². The first kappa shape index (κ1) is 16.2. The summed E-state index contributed by atoms with van der Waals surface area (Å²) in [6.07, 6.45) is 1.57. The molecule has 0 saturated heterocycles. The summed E-state index contributed by atoms with van der Waals surface area (Å²) in [7, 11) is 0. The average Bonchev–Trinajstić information content (AvgIpc) is 2.57. The maximum Gasteiger partial charge on any atom is 0.0829 e. The molecule has 2 aromatic rings. The third-order valence-corrected chi connectivity index (χ3v) is 9.16. The maximum atomic E-state index is 9.68. The Bertz CT molecular complexity index is 608. The molecule has 0 aromatic heterocycles. The molecular formula is C17H17ClNPS. The number of alkyl halides is 1. The number of hydrogen-bond acceptors (Lipinski definition) is 2. The molecule has 0 aliphatic rings. The number of halogens is 1. The minimum Gasteiger partial charge on any atom is -0.198 e. The highest BCUT2D eigenvalue weighted by Gasteiger charge is 2.31. The van der Waals surface area contributed by atoms with E-state index in [1.165, 1.54) is 0 Å². The fourth-order valence-corrected chi connectivity index (χ4v) is 6.71. The van der Waals surface area contributed by atoms with E-state index in [9.17, 15) is 5.26 Å². The molecule has 0 aliphatic carbocycles. The molecular weight excluding hydrogens is 317 g/mol. The van der Waals surface area contributed by atoms with E-state index in [4.69, 9.17) is 23.4 Å². The molecule has 0 fully saturated rings. The molecule has 2 aromatic carbocycles. The number of hydrogen-bond donors (Lipinski definition) is 0. The van der Waals surface area contributed by atoms with E-state index in [2.05, 4.69) is 30.3 Å². The minimum absolute atomic E-state index is 0.170. The van der Waals surface area contributed by atoms with Crippen molar-refractivity contribution in [2.75, 3.05) is 5.88 Å². The molecule has 0 radical (unpaired) electrons. The first-order chi connectivity index (χ1) is 10.2. The molecule has 2 rings (SSSR count). The molecule has 0 spiro atoms. The molecule has 0 bridgehead atoms. The van der Waals surface area contributed by atoms with E-state index in [1.807, 2.05) is 36.4 Å². The molecule has 0 heterocycles. The van der Waals surface area contributed by atoms with Gasteiger partial charge in [-0.05, 0) is 23.5 Å². The lowest BCUT2D eigenvalue weighted by atomic mass is 10.3. The lowest BCUT2D eigenvalue weighted by Crippen LogP contribution is -2.25. The van der Waals surface area contributed by atoms with Crippen molar-refractivity contribution in [3.8, 4) is 6.07 Å². The molecule has 4 heteroatoms. The molecule has 1 unspecified atom stereocenters. The topological polar surface area (TPSA) is 23.8 Å². The molecule has 21 heavy (non-hydrogen) atoms. The van der Waals surface area contributed by atoms with Crippen LogP contribution in [-0.2, 0) is 11.8 Å². The van der Waals surface area contributed by atoms with Crippen molar-refractivity contribution >= 4 is 40.1 Å². The molecule has 108 valence electrons.